The number of halogens is 3. The van der Waals surface area contributed by atoms with E-state index in [0.29, 0.717) is 31.8 Å². The number of carbonyl (C=O) groups excluding carboxylic acids is 1. The Morgan fingerprint density at radius 2 is 1.75 bits per heavy atom. The van der Waals surface area contributed by atoms with Gasteiger partial charge >= 0.3 is 6.18 Å². The number of piperidine rings is 1. The van der Waals surface area contributed by atoms with E-state index in [9.17, 15) is 26.4 Å². The van der Waals surface area contributed by atoms with Crippen molar-refractivity contribution in [1.82, 2.24) is 9.21 Å². The molecule has 1 heterocycles. The normalized spacial score (nSPS) is 16.9. The fraction of sp³-hybridized carbons (Fsp3) is 0.632. The van der Waals surface area contributed by atoms with E-state index in [1.807, 2.05) is 6.92 Å². The molecule has 0 bridgehead atoms. The van der Waals surface area contributed by atoms with Gasteiger partial charge in [-0.2, -0.15) is 17.5 Å². The maximum atomic E-state index is 12.8. The second kappa shape index (κ2) is 9.26. The van der Waals surface area contributed by atoms with E-state index in [2.05, 4.69) is 6.92 Å². The zero-order chi connectivity index (χ0) is 20.9. The maximum absolute atomic E-state index is 12.8. The summed E-state index contributed by atoms with van der Waals surface area (Å²) in [7, 11) is -3.66. The Labute approximate surface area is 164 Å². The average molecular weight is 420 g/mol. The van der Waals surface area contributed by atoms with Gasteiger partial charge < -0.3 is 4.90 Å². The number of rotatable bonds is 7. The van der Waals surface area contributed by atoms with Crippen molar-refractivity contribution in [3.05, 3.63) is 29.8 Å². The molecular weight excluding hydrogens is 393 g/mol. The van der Waals surface area contributed by atoms with Crippen LogP contribution in [0.25, 0.3) is 0 Å². The van der Waals surface area contributed by atoms with E-state index in [-0.39, 0.29) is 17.0 Å². The summed E-state index contributed by atoms with van der Waals surface area (Å²) in [5.74, 6) is -0.268. The highest BCUT2D eigenvalue weighted by Gasteiger charge is 2.33. The topological polar surface area (TPSA) is 57.7 Å². The lowest BCUT2D eigenvalue weighted by atomic mass is 10.0. The van der Waals surface area contributed by atoms with Crippen molar-refractivity contribution in [3.8, 4) is 0 Å². The van der Waals surface area contributed by atoms with E-state index >= 15 is 0 Å². The highest BCUT2D eigenvalue weighted by molar-refractivity contribution is 7.89. The first-order valence-corrected chi connectivity index (χ1v) is 10.9. The number of benzene rings is 1. The van der Waals surface area contributed by atoms with Gasteiger partial charge in [0.25, 0.3) is 5.91 Å². The monoisotopic (exact) mass is 420 g/mol. The van der Waals surface area contributed by atoms with Crippen molar-refractivity contribution in [1.29, 1.82) is 0 Å². The number of unbranched alkanes of at least 4 members (excludes halogenated alkanes) is 1. The zero-order valence-corrected chi connectivity index (χ0v) is 17.0. The fourth-order valence-electron chi connectivity index (χ4n) is 3.14. The number of nitrogens with zero attached hydrogens (tertiary/aromatic N) is 2. The Morgan fingerprint density at radius 3 is 2.25 bits per heavy atom. The quantitative estimate of drug-likeness (QED) is 0.672. The van der Waals surface area contributed by atoms with Crippen LogP contribution in [0.5, 0.6) is 0 Å². The predicted octanol–water partition coefficient (Wildman–Crippen LogP) is 3.91. The Balaban J connectivity index is 2.16. The summed E-state index contributed by atoms with van der Waals surface area (Å²) in [4.78, 5) is 13.3. The summed E-state index contributed by atoms with van der Waals surface area (Å²) in [6.07, 6.45) is -1.79. The van der Waals surface area contributed by atoms with Crippen LogP contribution >= 0.6 is 0 Å². The lowest BCUT2D eigenvalue weighted by Crippen LogP contribution is -2.39. The van der Waals surface area contributed by atoms with Crippen LogP contribution < -0.4 is 0 Å². The molecule has 2 rings (SSSR count). The number of amides is 1. The van der Waals surface area contributed by atoms with E-state index < -0.39 is 28.7 Å². The van der Waals surface area contributed by atoms with Crippen LogP contribution in [-0.4, -0.2) is 55.9 Å². The molecule has 1 aliphatic rings. The highest BCUT2D eigenvalue weighted by Crippen LogP contribution is 2.24. The van der Waals surface area contributed by atoms with Crippen LogP contribution in [0.1, 0.15) is 49.9 Å². The summed E-state index contributed by atoms with van der Waals surface area (Å²) in [5, 5.41) is 0. The lowest BCUT2D eigenvalue weighted by molar-refractivity contribution is -0.140. The van der Waals surface area contributed by atoms with Gasteiger partial charge in [0.1, 0.15) is 6.54 Å². The molecule has 0 spiro atoms. The lowest BCUT2D eigenvalue weighted by Gasteiger charge is -2.29. The zero-order valence-electron chi connectivity index (χ0n) is 16.2. The highest BCUT2D eigenvalue weighted by atomic mass is 32.2. The van der Waals surface area contributed by atoms with Gasteiger partial charge in [-0.25, -0.2) is 8.42 Å². The molecule has 5 nitrogen and oxygen atoms in total. The van der Waals surface area contributed by atoms with Gasteiger partial charge in [-0.15, -0.1) is 0 Å². The first-order valence-electron chi connectivity index (χ1n) is 9.51. The Kier molecular flexibility index (Phi) is 7.50. The molecule has 1 aliphatic heterocycles. The van der Waals surface area contributed by atoms with Crippen LogP contribution in [0.3, 0.4) is 0 Å². The molecule has 1 saturated heterocycles. The van der Waals surface area contributed by atoms with Crippen molar-refractivity contribution in [3.63, 3.8) is 0 Å². The minimum atomic E-state index is -4.49. The number of hydrogen-bond donors (Lipinski definition) is 0. The molecule has 1 amide bonds. The average Bonchev–Trinajstić information content (AvgIpc) is 2.64. The standard InChI is InChI=1S/C19H27F3N2O3S/c1-3-4-11-23(14-19(20,21)22)18(25)16-5-7-17(8-6-16)28(26,27)24-12-9-15(2)10-13-24/h5-8,15H,3-4,9-14H2,1-2H3. The molecule has 1 fully saturated rings. The maximum Gasteiger partial charge on any atom is 0.406 e. The van der Waals surface area contributed by atoms with Crippen LogP contribution in [-0.2, 0) is 10.0 Å². The molecule has 28 heavy (non-hydrogen) atoms. The summed E-state index contributed by atoms with van der Waals surface area (Å²) >= 11 is 0. The first kappa shape index (κ1) is 22.7. The molecule has 0 N–H and O–H groups in total. The van der Waals surface area contributed by atoms with Crippen molar-refractivity contribution in [2.45, 2.75) is 50.6 Å². The van der Waals surface area contributed by atoms with Gasteiger partial charge in [0.15, 0.2) is 0 Å². The van der Waals surface area contributed by atoms with Gasteiger partial charge in [-0.05, 0) is 49.4 Å². The molecule has 0 radical (unpaired) electrons. The van der Waals surface area contributed by atoms with E-state index in [4.69, 9.17) is 0 Å². The predicted molar refractivity (Wildman–Crippen MR) is 100 cm³/mol. The fourth-order valence-corrected chi connectivity index (χ4v) is 4.61. The Morgan fingerprint density at radius 1 is 1.18 bits per heavy atom. The molecular formula is C19H27F3N2O3S. The van der Waals surface area contributed by atoms with Crippen LogP contribution in [0.15, 0.2) is 29.2 Å². The summed E-state index contributed by atoms with van der Waals surface area (Å²) in [6, 6.07) is 5.17. The molecule has 1 aromatic carbocycles. The van der Waals surface area contributed by atoms with Crippen LogP contribution in [0.2, 0.25) is 0 Å². The minimum Gasteiger partial charge on any atom is -0.330 e. The molecule has 1 aromatic rings. The molecule has 9 heteroatoms. The van der Waals surface area contributed by atoms with Crippen molar-refractivity contribution < 1.29 is 26.4 Å². The second-order valence-electron chi connectivity index (χ2n) is 7.31. The van der Waals surface area contributed by atoms with E-state index in [0.717, 1.165) is 17.7 Å². The molecule has 0 unspecified atom stereocenters. The van der Waals surface area contributed by atoms with Gasteiger partial charge in [-0.1, -0.05) is 20.3 Å². The first-order chi connectivity index (χ1) is 13.0. The number of carbonyl (C=O) groups is 1. The largest absolute Gasteiger partial charge is 0.406 e. The van der Waals surface area contributed by atoms with Crippen molar-refractivity contribution >= 4 is 15.9 Å². The second-order valence-corrected chi connectivity index (χ2v) is 9.24. The molecule has 0 atom stereocenters. The number of hydrogen-bond acceptors (Lipinski definition) is 3. The Bertz CT molecular complexity index is 756. The third kappa shape index (κ3) is 5.94. The third-order valence-electron chi connectivity index (χ3n) is 4.92. The van der Waals surface area contributed by atoms with E-state index in [1.54, 1.807) is 0 Å². The molecule has 0 saturated carbocycles. The summed E-state index contributed by atoms with van der Waals surface area (Å²) in [6.45, 7) is 3.48. The minimum absolute atomic E-state index is 0.000849. The van der Waals surface area contributed by atoms with E-state index in [1.165, 1.54) is 28.6 Å². The summed E-state index contributed by atoms with van der Waals surface area (Å²) < 4.78 is 65.2. The van der Waals surface area contributed by atoms with Gasteiger partial charge in [0, 0.05) is 25.2 Å². The molecule has 0 aromatic heterocycles. The number of alkyl halides is 3. The smallest absolute Gasteiger partial charge is 0.330 e. The van der Waals surface area contributed by atoms with Gasteiger partial charge in [0.2, 0.25) is 10.0 Å². The van der Waals surface area contributed by atoms with Crippen LogP contribution in [0, 0.1) is 5.92 Å². The van der Waals surface area contributed by atoms with Crippen molar-refractivity contribution in [2.24, 2.45) is 5.92 Å². The summed E-state index contributed by atoms with van der Waals surface area (Å²) in [5.41, 5.74) is 0.0477. The third-order valence-corrected chi connectivity index (χ3v) is 6.83. The molecule has 158 valence electrons. The van der Waals surface area contributed by atoms with Gasteiger partial charge in [0.05, 0.1) is 4.90 Å². The molecule has 0 aliphatic carbocycles. The SMILES string of the molecule is CCCCN(CC(F)(F)F)C(=O)c1ccc(S(=O)(=O)N2CCC(C)CC2)cc1. The van der Waals surface area contributed by atoms with Gasteiger partial charge in [-0.3, -0.25) is 4.79 Å². The van der Waals surface area contributed by atoms with Crippen molar-refractivity contribution in [2.75, 3.05) is 26.2 Å². The Hall–Kier alpha value is -1.61. The van der Waals surface area contributed by atoms with Crippen LogP contribution in [0.4, 0.5) is 13.2 Å². The number of sulfonamides is 1.